The number of imidazole rings is 1. The van der Waals surface area contributed by atoms with E-state index in [-0.39, 0.29) is 0 Å². The SMILES string of the molecule is Cc1nc2cc3ccccn3c2n1C. The maximum atomic E-state index is 4.49. The van der Waals surface area contributed by atoms with Gasteiger partial charge in [-0.1, -0.05) is 6.07 Å². The van der Waals surface area contributed by atoms with Gasteiger partial charge in [0, 0.05) is 18.8 Å². The maximum Gasteiger partial charge on any atom is 0.144 e. The molecule has 0 N–H and O–H groups in total. The molecule has 0 aliphatic rings. The van der Waals surface area contributed by atoms with Gasteiger partial charge in [-0.15, -0.1) is 0 Å². The van der Waals surface area contributed by atoms with Crippen LogP contribution in [0.2, 0.25) is 0 Å². The topological polar surface area (TPSA) is 22.2 Å². The Bertz CT molecular complexity index is 616. The Morgan fingerprint density at radius 3 is 3.00 bits per heavy atom. The molecule has 0 fully saturated rings. The quantitative estimate of drug-likeness (QED) is 0.526. The first-order chi connectivity index (χ1) is 6.77. The fraction of sp³-hybridized carbons (Fsp3) is 0.182. The van der Waals surface area contributed by atoms with E-state index in [4.69, 9.17) is 0 Å². The molecule has 3 aromatic rings. The van der Waals surface area contributed by atoms with E-state index in [1.165, 1.54) is 5.52 Å². The van der Waals surface area contributed by atoms with E-state index >= 15 is 0 Å². The van der Waals surface area contributed by atoms with Crippen molar-refractivity contribution in [3.63, 3.8) is 0 Å². The minimum atomic E-state index is 1.05. The molecule has 70 valence electrons. The summed E-state index contributed by atoms with van der Waals surface area (Å²) in [6.45, 7) is 2.02. The molecule has 0 amide bonds. The van der Waals surface area contributed by atoms with Crippen LogP contribution < -0.4 is 0 Å². The van der Waals surface area contributed by atoms with E-state index in [1.807, 2.05) is 26.1 Å². The molecule has 0 spiro atoms. The molecule has 0 saturated carbocycles. The Morgan fingerprint density at radius 2 is 2.14 bits per heavy atom. The summed E-state index contributed by atoms with van der Waals surface area (Å²) in [5, 5.41) is 0. The summed E-state index contributed by atoms with van der Waals surface area (Å²) in [6.07, 6.45) is 2.07. The van der Waals surface area contributed by atoms with Crippen LogP contribution in [-0.4, -0.2) is 14.0 Å². The normalized spacial score (nSPS) is 11.6. The number of hydrogen-bond donors (Lipinski definition) is 0. The molecule has 3 heterocycles. The third-order valence-corrected chi connectivity index (χ3v) is 2.72. The second-order valence-electron chi connectivity index (χ2n) is 3.57. The molecule has 0 radical (unpaired) electrons. The number of aryl methyl sites for hydroxylation is 2. The van der Waals surface area contributed by atoms with E-state index < -0.39 is 0 Å². The van der Waals surface area contributed by atoms with Gasteiger partial charge in [-0.2, -0.15) is 0 Å². The molecule has 0 unspecified atom stereocenters. The molecule has 0 aliphatic carbocycles. The van der Waals surface area contributed by atoms with Crippen molar-refractivity contribution in [2.75, 3.05) is 0 Å². The summed E-state index contributed by atoms with van der Waals surface area (Å²) < 4.78 is 4.28. The first kappa shape index (κ1) is 7.62. The van der Waals surface area contributed by atoms with Gasteiger partial charge in [-0.3, -0.25) is 0 Å². The highest BCUT2D eigenvalue weighted by molar-refractivity contribution is 5.81. The van der Waals surface area contributed by atoms with Crippen LogP contribution in [0.15, 0.2) is 30.5 Å². The van der Waals surface area contributed by atoms with E-state index in [0.717, 1.165) is 17.0 Å². The van der Waals surface area contributed by atoms with Gasteiger partial charge in [0.15, 0.2) is 0 Å². The Hall–Kier alpha value is -1.77. The third-order valence-electron chi connectivity index (χ3n) is 2.72. The average Bonchev–Trinajstić information content (AvgIpc) is 2.65. The number of hydrogen-bond acceptors (Lipinski definition) is 1. The van der Waals surface area contributed by atoms with Crippen molar-refractivity contribution >= 4 is 16.7 Å². The molecule has 3 rings (SSSR count). The van der Waals surface area contributed by atoms with Crippen LogP contribution in [-0.2, 0) is 7.05 Å². The smallest absolute Gasteiger partial charge is 0.144 e. The molecule has 14 heavy (non-hydrogen) atoms. The second-order valence-corrected chi connectivity index (χ2v) is 3.57. The number of aromatic nitrogens is 3. The Labute approximate surface area is 81.6 Å². The Balaban J connectivity index is 2.62. The minimum absolute atomic E-state index is 1.05. The molecule has 3 aromatic heterocycles. The van der Waals surface area contributed by atoms with Crippen LogP contribution in [0, 0.1) is 6.92 Å². The lowest BCUT2D eigenvalue weighted by Gasteiger charge is -1.98. The summed E-state index contributed by atoms with van der Waals surface area (Å²) in [5.74, 6) is 1.05. The molecule has 0 aliphatic heterocycles. The molecule has 0 bridgehead atoms. The van der Waals surface area contributed by atoms with Crippen molar-refractivity contribution in [2.45, 2.75) is 6.92 Å². The van der Waals surface area contributed by atoms with Crippen LogP contribution in [0.3, 0.4) is 0 Å². The monoisotopic (exact) mass is 185 g/mol. The zero-order valence-corrected chi connectivity index (χ0v) is 8.23. The van der Waals surface area contributed by atoms with Crippen molar-refractivity contribution in [2.24, 2.45) is 7.05 Å². The summed E-state index contributed by atoms with van der Waals surface area (Å²) in [5.41, 5.74) is 3.43. The number of rotatable bonds is 0. The van der Waals surface area contributed by atoms with Gasteiger partial charge in [0.05, 0.1) is 0 Å². The molecule has 0 atom stereocenters. The van der Waals surface area contributed by atoms with E-state index in [1.54, 1.807) is 0 Å². The van der Waals surface area contributed by atoms with Crippen molar-refractivity contribution in [1.29, 1.82) is 0 Å². The molecule has 0 aromatic carbocycles. The fourth-order valence-electron chi connectivity index (χ4n) is 1.91. The van der Waals surface area contributed by atoms with Crippen LogP contribution in [0.5, 0.6) is 0 Å². The summed E-state index contributed by atoms with van der Waals surface area (Å²) in [4.78, 5) is 4.49. The van der Waals surface area contributed by atoms with Gasteiger partial charge in [0.1, 0.15) is 17.0 Å². The third kappa shape index (κ3) is 0.789. The summed E-state index contributed by atoms with van der Waals surface area (Å²) in [6, 6.07) is 8.29. The molecular formula is C11H11N3. The first-order valence-corrected chi connectivity index (χ1v) is 4.66. The van der Waals surface area contributed by atoms with Crippen LogP contribution in [0.1, 0.15) is 5.82 Å². The van der Waals surface area contributed by atoms with Crippen molar-refractivity contribution < 1.29 is 0 Å². The minimum Gasteiger partial charge on any atom is -0.317 e. The highest BCUT2D eigenvalue weighted by Gasteiger charge is 2.08. The van der Waals surface area contributed by atoms with Gasteiger partial charge in [-0.25, -0.2) is 4.98 Å². The molecular weight excluding hydrogens is 174 g/mol. The van der Waals surface area contributed by atoms with Crippen molar-refractivity contribution in [3.8, 4) is 0 Å². The standard InChI is InChI=1S/C11H11N3/c1-8-12-10-7-9-5-3-4-6-14(9)11(10)13(8)2/h3-7H,1-2H3. The number of nitrogens with zero attached hydrogens (tertiary/aromatic N) is 3. The van der Waals surface area contributed by atoms with Gasteiger partial charge in [0.2, 0.25) is 0 Å². The van der Waals surface area contributed by atoms with Gasteiger partial charge in [-0.05, 0) is 25.1 Å². The fourth-order valence-corrected chi connectivity index (χ4v) is 1.91. The predicted octanol–water partition coefficient (Wildman–Crippen LogP) is 2.13. The zero-order chi connectivity index (χ0) is 9.71. The van der Waals surface area contributed by atoms with Crippen molar-refractivity contribution in [1.82, 2.24) is 14.0 Å². The van der Waals surface area contributed by atoms with Crippen molar-refractivity contribution in [3.05, 3.63) is 36.3 Å². The Kier molecular flexibility index (Phi) is 1.29. The number of pyridine rings is 1. The lowest BCUT2D eigenvalue weighted by atomic mass is 10.4. The van der Waals surface area contributed by atoms with Gasteiger partial charge < -0.3 is 8.97 Å². The lowest BCUT2D eigenvalue weighted by Crippen LogP contribution is -1.94. The summed E-state index contributed by atoms with van der Waals surface area (Å²) >= 11 is 0. The maximum absolute atomic E-state index is 4.49. The van der Waals surface area contributed by atoms with E-state index in [9.17, 15) is 0 Å². The number of fused-ring (bicyclic) bond motifs is 3. The highest BCUT2D eigenvalue weighted by Crippen LogP contribution is 2.19. The van der Waals surface area contributed by atoms with Crippen LogP contribution >= 0.6 is 0 Å². The Morgan fingerprint density at radius 1 is 1.29 bits per heavy atom. The largest absolute Gasteiger partial charge is 0.317 e. The van der Waals surface area contributed by atoms with Crippen LogP contribution in [0.25, 0.3) is 16.7 Å². The molecule has 3 nitrogen and oxygen atoms in total. The molecule has 0 saturated heterocycles. The van der Waals surface area contributed by atoms with Gasteiger partial charge >= 0.3 is 0 Å². The van der Waals surface area contributed by atoms with Crippen LogP contribution in [0.4, 0.5) is 0 Å². The average molecular weight is 185 g/mol. The zero-order valence-electron chi connectivity index (χ0n) is 8.23. The lowest BCUT2D eigenvalue weighted by molar-refractivity contribution is 0.865. The highest BCUT2D eigenvalue weighted by atomic mass is 15.1. The molecule has 3 heteroatoms. The summed E-state index contributed by atoms with van der Waals surface area (Å²) in [7, 11) is 2.05. The second kappa shape index (κ2) is 2.38. The van der Waals surface area contributed by atoms with E-state index in [0.29, 0.717) is 0 Å². The van der Waals surface area contributed by atoms with Gasteiger partial charge in [0.25, 0.3) is 0 Å². The first-order valence-electron chi connectivity index (χ1n) is 4.66. The van der Waals surface area contributed by atoms with E-state index in [2.05, 4.69) is 32.3 Å². The predicted molar refractivity (Wildman–Crippen MR) is 56.4 cm³/mol.